The number of halogens is 2. The molecule has 14 heavy (non-hydrogen) atoms. The molecule has 0 spiro atoms. The van der Waals surface area contributed by atoms with Gasteiger partial charge in [0.2, 0.25) is 0 Å². The van der Waals surface area contributed by atoms with Crippen LogP contribution in [-0.4, -0.2) is 52.5 Å². The summed E-state index contributed by atoms with van der Waals surface area (Å²) in [4.78, 5) is 0. The Balaban J connectivity index is 0. The zero-order chi connectivity index (χ0) is 9.30. The summed E-state index contributed by atoms with van der Waals surface area (Å²) >= 11 is 0. The SMILES string of the molecule is Cl.Cl.N[C@H]1[C@H](O)[C@@H](CO)OC(O)[C@@H]1N. The quantitative estimate of drug-likeness (QED) is 0.353. The highest BCUT2D eigenvalue weighted by Gasteiger charge is 2.40. The summed E-state index contributed by atoms with van der Waals surface area (Å²) < 4.78 is 4.78. The fourth-order valence-corrected chi connectivity index (χ4v) is 1.17. The van der Waals surface area contributed by atoms with Gasteiger partial charge in [-0.05, 0) is 0 Å². The second kappa shape index (κ2) is 6.76. The van der Waals surface area contributed by atoms with E-state index < -0.39 is 37.2 Å². The van der Waals surface area contributed by atoms with E-state index in [0.29, 0.717) is 0 Å². The molecule has 1 aliphatic heterocycles. The zero-order valence-corrected chi connectivity index (χ0v) is 8.95. The van der Waals surface area contributed by atoms with Crippen LogP contribution in [0.3, 0.4) is 0 Å². The van der Waals surface area contributed by atoms with E-state index in [1.165, 1.54) is 0 Å². The monoisotopic (exact) mass is 250 g/mol. The summed E-state index contributed by atoms with van der Waals surface area (Å²) in [5.74, 6) is 0. The van der Waals surface area contributed by atoms with Crippen LogP contribution in [-0.2, 0) is 4.74 Å². The summed E-state index contributed by atoms with van der Waals surface area (Å²) in [5.41, 5.74) is 10.8. The summed E-state index contributed by atoms with van der Waals surface area (Å²) in [7, 11) is 0. The molecule has 0 saturated carbocycles. The van der Waals surface area contributed by atoms with Crippen LogP contribution in [0, 0.1) is 0 Å². The van der Waals surface area contributed by atoms with Crippen molar-refractivity contribution in [1.82, 2.24) is 0 Å². The normalized spacial score (nSPS) is 42.2. The van der Waals surface area contributed by atoms with Gasteiger partial charge in [0.25, 0.3) is 0 Å². The van der Waals surface area contributed by atoms with E-state index in [-0.39, 0.29) is 24.8 Å². The molecular weight excluding hydrogens is 235 g/mol. The molecule has 1 fully saturated rings. The van der Waals surface area contributed by atoms with E-state index in [9.17, 15) is 5.11 Å². The molecule has 1 heterocycles. The van der Waals surface area contributed by atoms with Crippen molar-refractivity contribution in [1.29, 1.82) is 0 Å². The smallest absolute Gasteiger partial charge is 0.171 e. The number of aliphatic hydroxyl groups excluding tert-OH is 3. The first-order chi connectivity index (χ1) is 5.57. The van der Waals surface area contributed by atoms with Crippen LogP contribution in [0.5, 0.6) is 0 Å². The van der Waals surface area contributed by atoms with Gasteiger partial charge in [0, 0.05) is 0 Å². The van der Waals surface area contributed by atoms with Crippen molar-refractivity contribution in [3.63, 3.8) is 0 Å². The van der Waals surface area contributed by atoms with Crippen LogP contribution in [0.2, 0.25) is 0 Å². The topological polar surface area (TPSA) is 122 Å². The molecular formula is C6H16Cl2N2O4. The maximum atomic E-state index is 9.32. The minimum atomic E-state index is -1.22. The number of rotatable bonds is 1. The Labute approximate surface area is 94.0 Å². The van der Waals surface area contributed by atoms with Gasteiger partial charge < -0.3 is 31.5 Å². The highest BCUT2D eigenvalue weighted by atomic mass is 35.5. The molecule has 0 aromatic rings. The first kappa shape index (κ1) is 16.8. The number of hydrogen-bond acceptors (Lipinski definition) is 6. The largest absolute Gasteiger partial charge is 0.394 e. The van der Waals surface area contributed by atoms with E-state index >= 15 is 0 Å². The van der Waals surface area contributed by atoms with Crippen LogP contribution in [0.4, 0.5) is 0 Å². The fourth-order valence-electron chi connectivity index (χ4n) is 1.17. The molecule has 6 nitrogen and oxygen atoms in total. The summed E-state index contributed by atoms with van der Waals surface area (Å²) in [5, 5.41) is 27.1. The van der Waals surface area contributed by atoms with Crippen molar-refractivity contribution in [2.45, 2.75) is 30.6 Å². The van der Waals surface area contributed by atoms with E-state index in [0.717, 1.165) is 0 Å². The third kappa shape index (κ3) is 3.18. The predicted molar refractivity (Wildman–Crippen MR) is 54.4 cm³/mol. The lowest BCUT2D eigenvalue weighted by atomic mass is 9.96. The Morgan fingerprint density at radius 3 is 2.00 bits per heavy atom. The average molecular weight is 251 g/mol. The van der Waals surface area contributed by atoms with Gasteiger partial charge in [0.15, 0.2) is 6.29 Å². The van der Waals surface area contributed by atoms with Gasteiger partial charge in [0.1, 0.15) is 6.10 Å². The first-order valence-electron chi connectivity index (χ1n) is 3.71. The molecule has 0 radical (unpaired) electrons. The van der Waals surface area contributed by atoms with Crippen LogP contribution < -0.4 is 11.5 Å². The highest BCUT2D eigenvalue weighted by molar-refractivity contribution is 5.85. The fraction of sp³-hybridized carbons (Fsp3) is 1.00. The van der Waals surface area contributed by atoms with Crippen molar-refractivity contribution in [3.05, 3.63) is 0 Å². The first-order valence-corrected chi connectivity index (χ1v) is 3.71. The second-order valence-corrected chi connectivity index (χ2v) is 2.89. The minimum Gasteiger partial charge on any atom is -0.394 e. The van der Waals surface area contributed by atoms with E-state index in [1.807, 2.05) is 0 Å². The Morgan fingerprint density at radius 1 is 1.07 bits per heavy atom. The Hall–Kier alpha value is 0.340. The Morgan fingerprint density at radius 2 is 1.57 bits per heavy atom. The molecule has 0 aliphatic carbocycles. The molecule has 0 bridgehead atoms. The number of ether oxygens (including phenoxy) is 1. The van der Waals surface area contributed by atoms with Crippen LogP contribution in [0.25, 0.3) is 0 Å². The van der Waals surface area contributed by atoms with Crippen molar-refractivity contribution in [2.75, 3.05) is 6.61 Å². The Bertz CT molecular complexity index is 160. The summed E-state index contributed by atoms with van der Waals surface area (Å²) in [6.07, 6.45) is -3.11. The molecule has 7 N–H and O–H groups in total. The third-order valence-electron chi connectivity index (χ3n) is 2.04. The Kier molecular flexibility index (Phi) is 8.09. The van der Waals surface area contributed by atoms with Gasteiger partial charge in [-0.2, -0.15) is 0 Å². The maximum Gasteiger partial charge on any atom is 0.171 e. The van der Waals surface area contributed by atoms with Gasteiger partial charge in [-0.15, -0.1) is 24.8 Å². The van der Waals surface area contributed by atoms with Crippen molar-refractivity contribution in [3.8, 4) is 0 Å². The molecule has 0 amide bonds. The number of nitrogens with two attached hydrogens (primary N) is 2. The van der Waals surface area contributed by atoms with Crippen molar-refractivity contribution < 1.29 is 20.1 Å². The molecule has 1 unspecified atom stereocenters. The zero-order valence-electron chi connectivity index (χ0n) is 7.31. The van der Waals surface area contributed by atoms with E-state index in [2.05, 4.69) is 0 Å². The standard InChI is InChI=1S/C6H14N2O4.2ClH/c7-3-4(8)6(11)12-2(1-9)5(3)10;;/h2-6,9-11H,1,7-8H2;2*1H/t2-,3-,4-,5-,6?;;/m1../s1. The van der Waals surface area contributed by atoms with Gasteiger partial charge in [0.05, 0.1) is 24.8 Å². The molecule has 0 aromatic heterocycles. The number of aliphatic hydroxyl groups is 3. The van der Waals surface area contributed by atoms with Crippen molar-refractivity contribution >= 4 is 24.8 Å². The molecule has 1 saturated heterocycles. The molecule has 1 aliphatic rings. The average Bonchev–Trinajstić information content (AvgIpc) is 2.08. The van der Waals surface area contributed by atoms with E-state index in [1.54, 1.807) is 0 Å². The lowest BCUT2D eigenvalue weighted by Gasteiger charge is -2.38. The summed E-state index contributed by atoms with van der Waals surface area (Å²) in [6, 6.07) is -1.59. The maximum absolute atomic E-state index is 9.32. The molecule has 1 rings (SSSR count). The van der Waals surface area contributed by atoms with Crippen molar-refractivity contribution in [2.24, 2.45) is 11.5 Å². The lowest BCUT2D eigenvalue weighted by Crippen LogP contribution is -2.65. The third-order valence-corrected chi connectivity index (χ3v) is 2.04. The lowest BCUT2D eigenvalue weighted by molar-refractivity contribution is -0.221. The second-order valence-electron chi connectivity index (χ2n) is 2.89. The molecule has 5 atom stereocenters. The molecule has 88 valence electrons. The van der Waals surface area contributed by atoms with Crippen LogP contribution in [0.15, 0.2) is 0 Å². The summed E-state index contributed by atoms with van der Waals surface area (Å²) in [6.45, 7) is -0.390. The molecule has 8 heteroatoms. The predicted octanol–water partition coefficient (Wildman–Crippen LogP) is -2.45. The van der Waals surface area contributed by atoms with E-state index in [4.69, 9.17) is 26.4 Å². The van der Waals surface area contributed by atoms with Crippen LogP contribution in [0.1, 0.15) is 0 Å². The number of hydrogen-bond donors (Lipinski definition) is 5. The minimum absolute atomic E-state index is 0. The van der Waals surface area contributed by atoms with Crippen LogP contribution >= 0.6 is 24.8 Å². The van der Waals surface area contributed by atoms with Gasteiger partial charge in [-0.3, -0.25) is 0 Å². The highest BCUT2D eigenvalue weighted by Crippen LogP contribution is 2.16. The van der Waals surface area contributed by atoms with Gasteiger partial charge >= 0.3 is 0 Å². The molecule has 0 aromatic carbocycles. The van der Waals surface area contributed by atoms with Gasteiger partial charge in [-0.25, -0.2) is 0 Å². The van der Waals surface area contributed by atoms with Gasteiger partial charge in [-0.1, -0.05) is 0 Å².